The molecule has 0 aliphatic carbocycles. The van der Waals surface area contributed by atoms with Crippen molar-refractivity contribution in [3.8, 4) is 5.75 Å². The minimum atomic E-state index is -1.02. The number of amides is 1. The Bertz CT molecular complexity index is 1510. The molecule has 0 saturated heterocycles. The Morgan fingerprint density at radius 2 is 1.42 bits per heavy atom. The van der Waals surface area contributed by atoms with Gasteiger partial charge in [0, 0.05) is 35.3 Å². The van der Waals surface area contributed by atoms with Crippen LogP contribution in [0.2, 0.25) is 0 Å². The second-order valence-corrected chi connectivity index (χ2v) is 11.0. The second-order valence-electron chi connectivity index (χ2n) is 11.0. The molecule has 7 heteroatoms. The van der Waals surface area contributed by atoms with Gasteiger partial charge in [0.05, 0.1) is 6.54 Å². The number of para-hydroxylation sites is 2. The number of unbranched alkanes of at least 4 members (excludes halogenated alkanes) is 4. The highest BCUT2D eigenvalue weighted by molar-refractivity contribution is 6.12. The number of ketones is 1. The van der Waals surface area contributed by atoms with E-state index in [2.05, 4.69) is 12.2 Å². The van der Waals surface area contributed by atoms with E-state index < -0.39 is 12.0 Å². The van der Waals surface area contributed by atoms with E-state index in [0.717, 1.165) is 30.5 Å². The van der Waals surface area contributed by atoms with E-state index >= 15 is 0 Å². The van der Waals surface area contributed by atoms with Gasteiger partial charge in [0.25, 0.3) is 0 Å². The third-order valence-electron chi connectivity index (χ3n) is 7.65. The number of benzene rings is 4. The summed E-state index contributed by atoms with van der Waals surface area (Å²) in [5.74, 6) is -0.467. The monoisotopic (exact) mass is 606 g/mol. The van der Waals surface area contributed by atoms with E-state index in [9.17, 15) is 19.5 Å². The smallest absolute Gasteiger partial charge is 0.326 e. The van der Waals surface area contributed by atoms with Crippen molar-refractivity contribution in [3.05, 3.63) is 126 Å². The van der Waals surface area contributed by atoms with E-state index in [1.54, 1.807) is 53.4 Å². The number of nitrogens with one attached hydrogen (secondary N) is 1. The van der Waals surface area contributed by atoms with Crippen LogP contribution in [0.5, 0.6) is 5.75 Å². The lowest BCUT2D eigenvalue weighted by atomic mass is 10.00. The maximum Gasteiger partial charge on any atom is 0.326 e. The van der Waals surface area contributed by atoms with Crippen molar-refractivity contribution in [3.63, 3.8) is 0 Å². The van der Waals surface area contributed by atoms with Gasteiger partial charge in [0.1, 0.15) is 18.4 Å². The lowest BCUT2D eigenvalue weighted by Crippen LogP contribution is -2.34. The van der Waals surface area contributed by atoms with E-state index in [-0.39, 0.29) is 18.1 Å². The standard InChI is InChI=1S/C38H42N2O5/c1-2-3-4-5-12-21-36(41)40(31-17-10-7-11-18-31)26-27-45-32-24-22-29(23-25-32)28-35(38(43)44)39-34-20-14-13-19-33(34)37(42)30-15-8-6-9-16-30/h6-11,13-20,22-25,35,39H,2-5,12,21,26-28H2,1H3,(H,43,44)/t35-/m0/s1. The fourth-order valence-electron chi connectivity index (χ4n) is 5.17. The topological polar surface area (TPSA) is 95.9 Å². The SMILES string of the molecule is CCCCCCCC(=O)N(CCOc1ccc(C[C@H](Nc2ccccc2C(=O)c2ccccc2)C(=O)O)cc1)c1ccccc1. The highest BCUT2D eigenvalue weighted by Gasteiger charge is 2.21. The van der Waals surface area contributed by atoms with Crippen LogP contribution in [-0.2, 0) is 16.0 Å². The van der Waals surface area contributed by atoms with E-state index in [1.165, 1.54) is 12.8 Å². The van der Waals surface area contributed by atoms with E-state index in [1.807, 2.05) is 60.7 Å². The lowest BCUT2D eigenvalue weighted by Gasteiger charge is -2.23. The molecule has 0 aromatic heterocycles. The van der Waals surface area contributed by atoms with E-state index in [4.69, 9.17) is 4.74 Å². The van der Waals surface area contributed by atoms with Crippen LogP contribution >= 0.6 is 0 Å². The van der Waals surface area contributed by atoms with E-state index in [0.29, 0.717) is 42.1 Å². The number of carboxylic acids is 1. The molecule has 0 aliphatic heterocycles. The van der Waals surface area contributed by atoms with Gasteiger partial charge in [-0.3, -0.25) is 9.59 Å². The maximum absolute atomic E-state index is 13.1. The molecule has 45 heavy (non-hydrogen) atoms. The van der Waals surface area contributed by atoms with Gasteiger partial charge in [0.2, 0.25) is 5.91 Å². The summed E-state index contributed by atoms with van der Waals surface area (Å²) < 4.78 is 5.99. The molecule has 0 fully saturated rings. The fraction of sp³-hybridized carbons (Fsp3) is 0.289. The number of carbonyl (C=O) groups excluding carboxylic acids is 2. The molecule has 0 radical (unpaired) electrons. The van der Waals surface area contributed by atoms with Crippen molar-refractivity contribution in [2.45, 2.75) is 57.9 Å². The highest BCUT2D eigenvalue weighted by Crippen LogP contribution is 2.22. The second kappa shape index (κ2) is 17.4. The summed E-state index contributed by atoms with van der Waals surface area (Å²) in [5.41, 5.74) is 3.08. The molecule has 0 bridgehead atoms. The van der Waals surface area contributed by atoms with Crippen LogP contribution in [-0.4, -0.2) is 42.0 Å². The summed E-state index contributed by atoms with van der Waals surface area (Å²) in [6.07, 6.45) is 6.17. The maximum atomic E-state index is 13.1. The summed E-state index contributed by atoms with van der Waals surface area (Å²) >= 11 is 0. The first kappa shape index (κ1) is 33.0. The Labute approximate surface area is 265 Å². The van der Waals surface area contributed by atoms with Crippen LogP contribution in [0.15, 0.2) is 109 Å². The molecule has 2 N–H and O–H groups in total. The Morgan fingerprint density at radius 1 is 0.778 bits per heavy atom. The predicted molar refractivity (Wildman–Crippen MR) is 179 cm³/mol. The van der Waals surface area contributed by atoms with Gasteiger partial charge in [-0.05, 0) is 48.4 Å². The Balaban J connectivity index is 1.34. The van der Waals surface area contributed by atoms with Crippen LogP contribution in [0, 0.1) is 0 Å². The quantitative estimate of drug-likeness (QED) is 0.0887. The molecule has 0 spiro atoms. The normalized spacial score (nSPS) is 11.4. The molecule has 1 amide bonds. The first-order valence-electron chi connectivity index (χ1n) is 15.7. The average Bonchev–Trinajstić information content (AvgIpc) is 3.07. The third-order valence-corrected chi connectivity index (χ3v) is 7.65. The van der Waals surface area contributed by atoms with Gasteiger partial charge >= 0.3 is 5.97 Å². The van der Waals surface area contributed by atoms with Crippen LogP contribution in [0.25, 0.3) is 0 Å². The number of hydrogen-bond donors (Lipinski definition) is 2. The highest BCUT2D eigenvalue weighted by atomic mass is 16.5. The summed E-state index contributed by atoms with van der Waals surface area (Å²) in [6, 6.07) is 31.9. The zero-order chi connectivity index (χ0) is 31.9. The zero-order valence-corrected chi connectivity index (χ0v) is 25.9. The minimum absolute atomic E-state index is 0.0934. The molecule has 4 aromatic carbocycles. The summed E-state index contributed by atoms with van der Waals surface area (Å²) in [6.45, 7) is 2.92. The largest absolute Gasteiger partial charge is 0.492 e. The van der Waals surface area contributed by atoms with Crippen molar-refractivity contribution in [1.82, 2.24) is 0 Å². The molecule has 0 saturated carbocycles. The first-order chi connectivity index (χ1) is 22.0. The molecule has 0 heterocycles. The van der Waals surface area contributed by atoms with Crippen molar-refractivity contribution in [1.29, 1.82) is 0 Å². The van der Waals surface area contributed by atoms with Gasteiger partial charge in [-0.15, -0.1) is 0 Å². The third kappa shape index (κ3) is 10.1. The van der Waals surface area contributed by atoms with Gasteiger partial charge in [0.15, 0.2) is 5.78 Å². The minimum Gasteiger partial charge on any atom is -0.492 e. The number of hydrogen-bond acceptors (Lipinski definition) is 5. The fourth-order valence-corrected chi connectivity index (χ4v) is 5.17. The number of carboxylic acid groups (broad SMARTS) is 1. The average molecular weight is 607 g/mol. The number of ether oxygens (including phenoxy) is 1. The van der Waals surface area contributed by atoms with Crippen LogP contribution in [0.4, 0.5) is 11.4 Å². The van der Waals surface area contributed by atoms with Crippen molar-refractivity contribution in [2.24, 2.45) is 0 Å². The van der Waals surface area contributed by atoms with Crippen molar-refractivity contribution < 1.29 is 24.2 Å². The number of anilines is 2. The summed E-state index contributed by atoms with van der Waals surface area (Å²) in [4.78, 5) is 40.2. The molecular weight excluding hydrogens is 564 g/mol. The Hall–Kier alpha value is -4.91. The predicted octanol–water partition coefficient (Wildman–Crippen LogP) is 7.80. The molecule has 1 atom stereocenters. The number of rotatable bonds is 18. The van der Waals surface area contributed by atoms with Gasteiger partial charge in [-0.1, -0.05) is 105 Å². The van der Waals surface area contributed by atoms with Crippen LogP contribution in [0.1, 0.15) is 66.9 Å². The molecule has 7 nitrogen and oxygen atoms in total. The molecule has 4 aromatic rings. The molecule has 0 unspecified atom stereocenters. The van der Waals surface area contributed by atoms with Crippen LogP contribution < -0.4 is 15.0 Å². The van der Waals surface area contributed by atoms with Crippen molar-refractivity contribution in [2.75, 3.05) is 23.4 Å². The number of nitrogens with zero attached hydrogens (tertiary/aromatic N) is 1. The summed E-state index contributed by atoms with van der Waals surface area (Å²) in [7, 11) is 0. The van der Waals surface area contributed by atoms with Crippen molar-refractivity contribution >= 4 is 29.0 Å². The number of carbonyl (C=O) groups is 3. The van der Waals surface area contributed by atoms with Gasteiger partial charge < -0.3 is 20.1 Å². The Kier molecular flexibility index (Phi) is 12.8. The molecule has 4 rings (SSSR count). The Morgan fingerprint density at radius 3 is 2.11 bits per heavy atom. The number of aliphatic carboxylic acids is 1. The van der Waals surface area contributed by atoms with Gasteiger partial charge in [-0.25, -0.2) is 4.79 Å². The molecule has 234 valence electrons. The lowest BCUT2D eigenvalue weighted by molar-refractivity contribution is -0.137. The van der Waals surface area contributed by atoms with Crippen LogP contribution in [0.3, 0.4) is 0 Å². The van der Waals surface area contributed by atoms with Gasteiger partial charge in [-0.2, -0.15) is 0 Å². The molecular formula is C38H42N2O5. The zero-order valence-electron chi connectivity index (χ0n) is 25.9. The molecule has 0 aliphatic rings. The summed E-state index contributed by atoms with van der Waals surface area (Å²) in [5, 5.41) is 13.1. The first-order valence-corrected chi connectivity index (χ1v) is 15.7.